The van der Waals surface area contributed by atoms with Gasteiger partial charge in [0.15, 0.2) is 0 Å². The third-order valence-electron chi connectivity index (χ3n) is 7.36. The average molecular weight is 640 g/mol. The summed E-state index contributed by atoms with van der Waals surface area (Å²) in [7, 11) is 0. The predicted octanol–water partition coefficient (Wildman–Crippen LogP) is 7.10. The van der Waals surface area contributed by atoms with Gasteiger partial charge >= 0.3 is 5.97 Å². The van der Waals surface area contributed by atoms with Gasteiger partial charge in [0.05, 0.1) is 44.7 Å². The predicted molar refractivity (Wildman–Crippen MR) is 171 cm³/mol. The van der Waals surface area contributed by atoms with Crippen LogP contribution in [0.2, 0.25) is 5.02 Å². The largest absolute Gasteiger partial charge is 0.491 e. The van der Waals surface area contributed by atoms with Crippen molar-refractivity contribution in [3.05, 3.63) is 103 Å². The van der Waals surface area contributed by atoms with Gasteiger partial charge in [-0.25, -0.2) is 19.2 Å². The van der Waals surface area contributed by atoms with Crippen molar-refractivity contribution in [2.45, 2.75) is 27.3 Å². The smallest absolute Gasteiger partial charge is 0.338 e. The number of hydrogen-bond acceptors (Lipinski definition) is 8. The number of aromatic nitrogens is 4. The molecule has 45 heavy (non-hydrogen) atoms. The van der Waals surface area contributed by atoms with E-state index in [2.05, 4.69) is 21.0 Å². The van der Waals surface area contributed by atoms with Crippen LogP contribution in [0.1, 0.15) is 33.1 Å². The summed E-state index contributed by atoms with van der Waals surface area (Å²) in [6.07, 6.45) is 0. The number of carbonyl (C=O) groups is 1. The molecule has 2 aromatic carbocycles. The van der Waals surface area contributed by atoms with Crippen LogP contribution in [0.3, 0.4) is 0 Å². The number of ether oxygens (including phenoxy) is 1. The highest BCUT2D eigenvalue weighted by molar-refractivity contribution is 7.18. The Morgan fingerprint density at radius 3 is 2.62 bits per heavy atom. The van der Waals surface area contributed by atoms with Crippen molar-refractivity contribution >= 4 is 50.0 Å². The van der Waals surface area contributed by atoms with E-state index in [9.17, 15) is 24.3 Å². The molecule has 0 aliphatic carbocycles. The summed E-state index contributed by atoms with van der Waals surface area (Å²) in [6.45, 7) is 5.32. The first-order chi connectivity index (χ1) is 21.6. The van der Waals surface area contributed by atoms with Crippen molar-refractivity contribution in [2.75, 3.05) is 6.61 Å². The van der Waals surface area contributed by atoms with E-state index >= 15 is 0 Å². The van der Waals surface area contributed by atoms with Crippen LogP contribution in [0.15, 0.2) is 58.7 Å². The van der Waals surface area contributed by atoms with Gasteiger partial charge in [0.1, 0.15) is 35.6 Å². The highest BCUT2D eigenvalue weighted by atomic mass is 35.5. The number of halogens is 2. The number of nitrogens with zero attached hydrogens (tertiary/aromatic N) is 5. The minimum atomic E-state index is -1.06. The van der Waals surface area contributed by atoms with Crippen LogP contribution >= 0.6 is 22.9 Å². The van der Waals surface area contributed by atoms with Gasteiger partial charge < -0.3 is 9.84 Å². The minimum Gasteiger partial charge on any atom is -0.491 e. The molecule has 0 aliphatic rings. The van der Waals surface area contributed by atoms with Crippen molar-refractivity contribution in [3.8, 4) is 34.2 Å². The summed E-state index contributed by atoms with van der Waals surface area (Å²) in [5.74, 6) is -0.669. The highest BCUT2D eigenvalue weighted by Gasteiger charge is 2.22. The zero-order valence-electron chi connectivity index (χ0n) is 24.2. The van der Waals surface area contributed by atoms with Crippen LogP contribution < -0.4 is 10.3 Å². The molecular formula is C33H23ClFN5O4S. The van der Waals surface area contributed by atoms with Crippen molar-refractivity contribution in [3.63, 3.8) is 0 Å². The van der Waals surface area contributed by atoms with Crippen LogP contribution in [-0.4, -0.2) is 37.2 Å². The molecule has 0 atom stereocenters. The zero-order valence-corrected chi connectivity index (χ0v) is 25.8. The van der Waals surface area contributed by atoms with E-state index in [1.807, 2.05) is 6.07 Å². The van der Waals surface area contributed by atoms with E-state index in [0.717, 1.165) is 5.56 Å². The van der Waals surface area contributed by atoms with Crippen molar-refractivity contribution in [2.24, 2.45) is 0 Å². The quantitative estimate of drug-likeness (QED) is 0.196. The molecule has 0 aliphatic heterocycles. The third kappa shape index (κ3) is 5.39. The fraction of sp³-hybridized carbons (Fsp3) is 0.152. The molecule has 1 N–H and O–H groups in total. The third-order valence-corrected chi connectivity index (χ3v) is 8.60. The second-order valence-corrected chi connectivity index (χ2v) is 11.6. The van der Waals surface area contributed by atoms with Crippen molar-refractivity contribution in [1.29, 1.82) is 5.26 Å². The average Bonchev–Trinajstić information content (AvgIpc) is 3.43. The molecular weight excluding hydrogens is 617 g/mol. The van der Waals surface area contributed by atoms with Gasteiger partial charge in [-0.1, -0.05) is 23.7 Å². The first kappa shape index (κ1) is 29.9. The molecule has 0 bridgehead atoms. The van der Waals surface area contributed by atoms with E-state index in [1.54, 1.807) is 50.4 Å². The van der Waals surface area contributed by atoms with Gasteiger partial charge in [-0.15, -0.1) is 11.3 Å². The lowest BCUT2D eigenvalue weighted by atomic mass is 10.0. The van der Waals surface area contributed by atoms with E-state index in [0.29, 0.717) is 54.8 Å². The standard InChI is InChI=1S/C33H23ClFN5O4S/c1-16-11-23(31-30(37-16)25(15-45-31)33(42)43)22-13-20(34)7-8-26(22)44-10-9-40-18(3)39-28-17(2)38-29(19-5-4-6-21(35)12-19)24(14-36)27(28)32(40)41/h4-8,11-13,15H,9-10H2,1-3H3,(H,42,43). The number of rotatable bonds is 7. The van der Waals surface area contributed by atoms with Gasteiger partial charge in [-0.05, 0) is 57.2 Å². The Morgan fingerprint density at radius 2 is 1.89 bits per heavy atom. The van der Waals surface area contributed by atoms with Crippen LogP contribution in [0, 0.1) is 37.9 Å². The minimum absolute atomic E-state index is 0.0158. The van der Waals surface area contributed by atoms with E-state index in [-0.39, 0.29) is 35.4 Å². The first-order valence-corrected chi connectivity index (χ1v) is 15.0. The molecule has 0 saturated carbocycles. The second kappa shape index (κ2) is 11.7. The number of carboxylic acids is 1. The molecule has 6 rings (SSSR count). The molecule has 224 valence electrons. The molecule has 12 heteroatoms. The summed E-state index contributed by atoms with van der Waals surface area (Å²) in [5.41, 5.74) is 3.40. The Hall–Kier alpha value is -5.18. The highest BCUT2D eigenvalue weighted by Crippen LogP contribution is 2.40. The van der Waals surface area contributed by atoms with Gasteiger partial charge in [0, 0.05) is 32.8 Å². The molecule has 0 radical (unpaired) electrons. The lowest BCUT2D eigenvalue weighted by Gasteiger charge is -2.16. The molecule has 0 amide bonds. The molecule has 4 aromatic heterocycles. The number of benzene rings is 2. The number of pyridine rings is 2. The van der Waals surface area contributed by atoms with Gasteiger partial charge in [-0.2, -0.15) is 5.26 Å². The Balaban J connectivity index is 1.39. The monoisotopic (exact) mass is 639 g/mol. The Morgan fingerprint density at radius 1 is 1.09 bits per heavy atom. The van der Waals surface area contributed by atoms with Crippen molar-refractivity contribution < 1.29 is 19.0 Å². The number of aryl methyl sites for hydroxylation is 3. The van der Waals surface area contributed by atoms with E-state index in [1.165, 1.54) is 34.1 Å². The van der Waals surface area contributed by atoms with Gasteiger partial charge in [-0.3, -0.25) is 14.3 Å². The Kier molecular flexibility index (Phi) is 7.78. The van der Waals surface area contributed by atoms with E-state index in [4.69, 9.17) is 16.3 Å². The molecule has 9 nitrogen and oxygen atoms in total. The number of aromatic carboxylic acids is 1. The normalized spacial score (nSPS) is 11.2. The molecule has 0 spiro atoms. The lowest BCUT2D eigenvalue weighted by molar-refractivity contribution is 0.0699. The molecule has 0 saturated heterocycles. The Bertz CT molecular complexity index is 2290. The first-order valence-electron chi connectivity index (χ1n) is 13.7. The van der Waals surface area contributed by atoms with Crippen molar-refractivity contribution in [1.82, 2.24) is 19.5 Å². The summed E-state index contributed by atoms with van der Waals surface area (Å²) in [6, 6.07) is 14.8. The van der Waals surface area contributed by atoms with Crippen LogP contribution in [0.5, 0.6) is 5.75 Å². The summed E-state index contributed by atoms with van der Waals surface area (Å²) >= 11 is 7.65. The fourth-order valence-corrected chi connectivity index (χ4v) is 6.52. The fourth-order valence-electron chi connectivity index (χ4n) is 5.33. The van der Waals surface area contributed by atoms with Crippen LogP contribution in [0.4, 0.5) is 4.39 Å². The van der Waals surface area contributed by atoms with Gasteiger partial charge in [0.25, 0.3) is 5.56 Å². The SMILES string of the molecule is Cc1cc(-c2cc(Cl)ccc2OCCn2c(C)nc3c(C)nc(-c4cccc(F)c4)c(C#N)c3c2=O)c2scc(C(=O)O)c2n1. The number of carboxylic acid groups (broad SMARTS) is 1. The number of nitriles is 1. The summed E-state index contributed by atoms with van der Waals surface area (Å²) < 4.78 is 22.3. The number of thiophene rings is 1. The maximum Gasteiger partial charge on any atom is 0.338 e. The molecule has 0 fully saturated rings. The van der Waals surface area contributed by atoms with Crippen LogP contribution in [0.25, 0.3) is 43.5 Å². The molecule has 0 unspecified atom stereocenters. The Labute approximate surface area is 264 Å². The molecule has 4 heterocycles. The van der Waals surface area contributed by atoms with E-state index < -0.39 is 17.3 Å². The van der Waals surface area contributed by atoms with Crippen LogP contribution in [-0.2, 0) is 6.54 Å². The maximum atomic E-state index is 14.0. The topological polar surface area (TPSA) is 131 Å². The molecule has 6 aromatic rings. The second-order valence-electron chi connectivity index (χ2n) is 10.3. The number of hydrogen-bond donors (Lipinski definition) is 1. The van der Waals surface area contributed by atoms with Gasteiger partial charge in [0.2, 0.25) is 0 Å². The summed E-state index contributed by atoms with van der Waals surface area (Å²) in [5, 5.41) is 21.9. The zero-order chi connectivity index (χ0) is 32.0. The number of fused-ring (bicyclic) bond motifs is 2. The maximum absolute atomic E-state index is 14.0. The lowest BCUT2D eigenvalue weighted by Crippen LogP contribution is -2.27. The summed E-state index contributed by atoms with van der Waals surface area (Å²) in [4.78, 5) is 39.3.